The first-order chi connectivity index (χ1) is 9.08. The third kappa shape index (κ3) is 3.86. The summed E-state index contributed by atoms with van der Waals surface area (Å²) >= 11 is 5.87. The topological polar surface area (TPSA) is 81.4 Å². The van der Waals surface area contributed by atoms with Crippen molar-refractivity contribution in [3.63, 3.8) is 0 Å². The highest BCUT2D eigenvalue weighted by Gasteiger charge is 2.22. The van der Waals surface area contributed by atoms with Crippen molar-refractivity contribution in [3.05, 3.63) is 28.8 Å². The van der Waals surface area contributed by atoms with Gasteiger partial charge in [0.2, 0.25) is 0 Å². The van der Waals surface area contributed by atoms with Crippen molar-refractivity contribution in [1.29, 1.82) is 0 Å². The summed E-state index contributed by atoms with van der Waals surface area (Å²) in [5.41, 5.74) is 5.98. The van der Waals surface area contributed by atoms with Gasteiger partial charge < -0.3 is 15.8 Å². The first-order valence-corrected chi connectivity index (χ1v) is 6.43. The van der Waals surface area contributed by atoms with Gasteiger partial charge in [0, 0.05) is 12.2 Å². The Morgan fingerprint density at radius 3 is 2.79 bits per heavy atom. The van der Waals surface area contributed by atoms with Gasteiger partial charge >= 0.3 is 5.97 Å². The quantitative estimate of drug-likeness (QED) is 0.635. The highest BCUT2D eigenvalue weighted by molar-refractivity contribution is 6.34. The van der Waals surface area contributed by atoms with Crippen LogP contribution in [-0.4, -0.2) is 25.0 Å². The molecule has 5 nitrogen and oxygen atoms in total. The summed E-state index contributed by atoms with van der Waals surface area (Å²) in [6.07, 6.45) is 2.30. The van der Waals surface area contributed by atoms with Crippen molar-refractivity contribution in [1.82, 2.24) is 5.32 Å². The number of carbonyl (C=O) groups excluding carboxylic acids is 2. The van der Waals surface area contributed by atoms with Gasteiger partial charge in [-0.25, -0.2) is 4.79 Å². The van der Waals surface area contributed by atoms with Gasteiger partial charge in [0.05, 0.1) is 5.02 Å². The molecule has 0 spiro atoms. The molecule has 0 aromatic heterocycles. The molecule has 0 unspecified atom stereocenters. The molecule has 0 aliphatic heterocycles. The average molecular weight is 283 g/mol. The first kappa shape index (κ1) is 13.7. The van der Waals surface area contributed by atoms with Crippen molar-refractivity contribution in [3.8, 4) is 0 Å². The summed E-state index contributed by atoms with van der Waals surface area (Å²) in [7, 11) is 0. The van der Waals surface area contributed by atoms with E-state index < -0.39 is 5.97 Å². The van der Waals surface area contributed by atoms with Crippen LogP contribution in [0.3, 0.4) is 0 Å². The van der Waals surface area contributed by atoms with Crippen molar-refractivity contribution < 1.29 is 14.3 Å². The molecule has 1 amide bonds. The molecule has 0 heterocycles. The molecule has 2 rings (SSSR count). The van der Waals surface area contributed by atoms with Crippen LogP contribution in [0.15, 0.2) is 18.2 Å². The zero-order valence-electron chi connectivity index (χ0n) is 10.3. The number of nitrogens with one attached hydrogen (secondary N) is 1. The number of benzene rings is 1. The van der Waals surface area contributed by atoms with Crippen LogP contribution in [0.1, 0.15) is 23.2 Å². The number of amides is 1. The molecule has 3 N–H and O–H groups in total. The SMILES string of the molecule is Nc1cccc(Cl)c1C(=O)OCC(=O)NCC1CC1. The third-order valence-electron chi connectivity index (χ3n) is 2.87. The molecule has 19 heavy (non-hydrogen) atoms. The Kier molecular flexibility index (Phi) is 4.27. The molecule has 0 bridgehead atoms. The number of nitrogens with two attached hydrogens (primary N) is 1. The van der Waals surface area contributed by atoms with Crippen LogP contribution in [-0.2, 0) is 9.53 Å². The smallest absolute Gasteiger partial charge is 0.342 e. The zero-order valence-corrected chi connectivity index (χ0v) is 11.1. The van der Waals surface area contributed by atoms with Crippen molar-refractivity contribution in [2.75, 3.05) is 18.9 Å². The van der Waals surface area contributed by atoms with Gasteiger partial charge in [-0.15, -0.1) is 0 Å². The number of rotatable bonds is 5. The van der Waals surface area contributed by atoms with E-state index in [1.165, 1.54) is 0 Å². The number of ether oxygens (including phenoxy) is 1. The van der Waals surface area contributed by atoms with E-state index in [-0.39, 0.29) is 28.8 Å². The van der Waals surface area contributed by atoms with Crippen LogP contribution >= 0.6 is 11.6 Å². The van der Waals surface area contributed by atoms with E-state index in [2.05, 4.69) is 5.32 Å². The lowest BCUT2D eigenvalue weighted by Crippen LogP contribution is -2.30. The molecule has 0 saturated heterocycles. The van der Waals surface area contributed by atoms with Crippen LogP contribution in [0.25, 0.3) is 0 Å². The molecule has 1 saturated carbocycles. The number of nitrogen functional groups attached to an aromatic ring is 1. The molecular weight excluding hydrogens is 268 g/mol. The van der Waals surface area contributed by atoms with Gasteiger partial charge in [-0.3, -0.25) is 4.79 Å². The summed E-state index contributed by atoms with van der Waals surface area (Å²) in [5, 5.41) is 2.91. The number of halogens is 1. The Morgan fingerprint density at radius 2 is 2.16 bits per heavy atom. The molecule has 0 atom stereocenters. The van der Waals surface area contributed by atoms with Gasteiger partial charge in [0.1, 0.15) is 5.56 Å². The van der Waals surface area contributed by atoms with Gasteiger partial charge in [-0.1, -0.05) is 17.7 Å². The van der Waals surface area contributed by atoms with Crippen molar-refractivity contribution in [2.45, 2.75) is 12.8 Å². The van der Waals surface area contributed by atoms with Crippen LogP contribution in [0.4, 0.5) is 5.69 Å². The summed E-state index contributed by atoms with van der Waals surface area (Å²) in [6.45, 7) is 0.320. The molecule has 1 fully saturated rings. The lowest BCUT2D eigenvalue weighted by Gasteiger charge is -2.08. The second kappa shape index (κ2) is 5.93. The van der Waals surface area contributed by atoms with Crippen molar-refractivity contribution >= 4 is 29.2 Å². The van der Waals surface area contributed by atoms with Gasteiger partial charge in [0.25, 0.3) is 5.91 Å². The Morgan fingerprint density at radius 1 is 1.42 bits per heavy atom. The Labute approximate surface area is 116 Å². The highest BCUT2D eigenvalue weighted by atomic mass is 35.5. The average Bonchev–Trinajstić information content (AvgIpc) is 3.17. The molecule has 102 valence electrons. The number of esters is 1. The number of hydrogen-bond acceptors (Lipinski definition) is 4. The fourth-order valence-electron chi connectivity index (χ4n) is 1.59. The second-order valence-corrected chi connectivity index (χ2v) is 4.93. The van der Waals surface area contributed by atoms with Gasteiger partial charge in [-0.05, 0) is 30.9 Å². The van der Waals surface area contributed by atoms with Crippen molar-refractivity contribution in [2.24, 2.45) is 5.92 Å². The predicted molar refractivity (Wildman–Crippen MR) is 71.9 cm³/mol. The van der Waals surface area contributed by atoms with Crippen LogP contribution in [0.5, 0.6) is 0 Å². The number of anilines is 1. The monoisotopic (exact) mass is 282 g/mol. The van der Waals surface area contributed by atoms with Crippen LogP contribution in [0, 0.1) is 5.92 Å². The first-order valence-electron chi connectivity index (χ1n) is 6.05. The maximum Gasteiger partial charge on any atom is 0.342 e. The third-order valence-corrected chi connectivity index (χ3v) is 3.18. The summed E-state index contributed by atoms with van der Waals surface area (Å²) in [4.78, 5) is 23.2. The van der Waals surface area contributed by atoms with E-state index in [1.54, 1.807) is 18.2 Å². The molecule has 1 aliphatic carbocycles. The minimum atomic E-state index is -0.690. The number of carbonyl (C=O) groups is 2. The van der Waals surface area contributed by atoms with E-state index in [1.807, 2.05) is 0 Å². The summed E-state index contributed by atoms with van der Waals surface area (Å²) in [5.74, 6) is -0.422. The molecule has 1 aromatic rings. The van der Waals surface area contributed by atoms with E-state index in [0.717, 1.165) is 12.8 Å². The zero-order chi connectivity index (χ0) is 13.8. The number of hydrogen-bond donors (Lipinski definition) is 2. The molecular formula is C13H15ClN2O3. The lowest BCUT2D eigenvalue weighted by molar-refractivity contribution is -0.124. The molecule has 1 aliphatic rings. The molecule has 0 radical (unpaired) electrons. The Bertz CT molecular complexity index is 480. The standard InChI is InChI=1S/C13H15ClN2O3/c14-9-2-1-3-10(15)12(9)13(18)19-7-11(17)16-6-8-4-5-8/h1-3,8H,4-7,15H2,(H,16,17). The van der Waals surface area contributed by atoms with E-state index in [9.17, 15) is 9.59 Å². The maximum absolute atomic E-state index is 11.8. The molecule has 1 aromatic carbocycles. The Balaban J connectivity index is 1.84. The summed E-state index contributed by atoms with van der Waals surface area (Å²) < 4.78 is 4.89. The van der Waals surface area contributed by atoms with Crippen LogP contribution < -0.4 is 11.1 Å². The maximum atomic E-state index is 11.8. The Hall–Kier alpha value is -1.75. The van der Waals surface area contributed by atoms with Crippen LogP contribution in [0.2, 0.25) is 5.02 Å². The van der Waals surface area contributed by atoms with E-state index in [4.69, 9.17) is 22.1 Å². The fraction of sp³-hybridized carbons (Fsp3) is 0.385. The van der Waals surface area contributed by atoms with Gasteiger partial charge in [0.15, 0.2) is 6.61 Å². The largest absolute Gasteiger partial charge is 0.452 e. The van der Waals surface area contributed by atoms with Gasteiger partial charge in [-0.2, -0.15) is 0 Å². The molecule has 6 heteroatoms. The lowest BCUT2D eigenvalue weighted by atomic mass is 10.2. The van der Waals surface area contributed by atoms with E-state index >= 15 is 0 Å². The minimum absolute atomic E-state index is 0.0964. The van der Waals surface area contributed by atoms with E-state index in [0.29, 0.717) is 12.5 Å². The normalized spacial score (nSPS) is 13.9. The fourth-order valence-corrected chi connectivity index (χ4v) is 1.85. The summed E-state index contributed by atoms with van der Waals surface area (Å²) in [6, 6.07) is 4.73. The predicted octanol–water partition coefficient (Wildman–Crippen LogP) is 1.61. The second-order valence-electron chi connectivity index (χ2n) is 4.53. The highest BCUT2D eigenvalue weighted by Crippen LogP contribution is 2.27. The minimum Gasteiger partial charge on any atom is -0.452 e.